The topological polar surface area (TPSA) is 27.6 Å². The first-order chi connectivity index (χ1) is 5.31. The Bertz CT molecular complexity index is 102. The smallest absolute Gasteiger partial charge is 0.0512 e. The average molecular weight is 157 g/mol. The molecule has 0 fully saturated rings. The second kappa shape index (κ2) is 7.69. The second-order valence-electron chi connectivity index (χ2n) is 2.57. The fourth-order valence-corrected chi connectivity index (χ4v) is 0.772. The van der Waals surface area contributed by atoms with Crippen molar-refractivity contribution in [3.8, 4) is 0 Å². The maximum atomic E-state index is 4.13. The zero-order valence-corrected chi connectivity index (χ0v) is 7.80. The Balaban J connectivity index is 3.15. The van der Waals surface area contributed by atoms with Gasteiger partial charge in [-0.2, -0.15) is 0 Å². The van der Waals surface area contributed by atoms with Crippen molar-refractivity contribution in [3.05, 3.63) is 0 Å². The van der Waals surface area contributed by atoms with Crippen molar-refractivity contribution in [1.29, 1.82) is 0 Å². The summed E-state index contributed by atoms with van der Waals surface area (Å²) >= 11 is 0. The molecule has 0 aromatic rings. The van der Waals surface area contributed by atoms with E-state index in [1.807, 2.05) is 20.2 Å². The van der Waals surface area contributed by atoms with Gasteiger partial charge in [-0.15, -0.1) is 0 Å². The van der Waals surface area contributed by atoms with E-state index in [9.17, 15) is 0 Å². The van der Waals surface area contributed by atoms with E-state index in [1.165, 1.54) is 0 Å². The van der Waals surface area contributed by atoms with Gasteiger partial charge in [0.1, 0.15) is 0 Å². The van der Waals surface area contributed by atoms with Gasteiger partial charge >= 0.3 is 0 Å². The lowest BCUT2D eigenvalue weighted by Gasteiger charge is -2.14. The minimum atomic E-state index is 0.913. The summed E-state index contributed by atoms with van der Waals surface area (Å²) in [6.07, 6.45) is 1.85. The molecule has 66 valence electrons. The molecule has 0 aromatic carbocycles. The number of rotatable bonds is 6. The molecular formula is C8H19N3. The highest BCUT2D eigenvalue weighted by atomic mass is 15.1. The largest absolute Gasteiger partial charge is 0.318 e. The predicted molar refractivity (Wildman–Crippen MR) is 50.5 cm³/mol. The summed E-state index contributed by atoms with van der Waals surface area (Å²) in [5.74, 6) is 0. The van der Waals surface area contributed by atoms with Crippen LogP contribution in [0.25, 0.3) is 0 Å². The van der Waals surface area contributed by atoms with Crippen LogP contribution in [0.3, 0.4) is 0 Å². The van der Waals surface area contributed by atoms with Gasteiger partial charge in [0.15, 0.2) is 0 Å². The quantitative estimate of drug-likeness (QED) is 0.559. The fourth-order valence-electron chi connectivity index (χ4n) is 0.772. The van der Waals surface area contributed by atoms with E-state index < -0.39 is 0 Å². The van der Waals surface area contributed by atoms with Crippen molar-refractivity contribution >= 4 is 6.21 Å². The molecule has 0 saturated heterocycles. The molecule has 3 heteroatoms. The highest BCUT2D eigenvalue weighted by molar-refractivity contribution is 5.53. The molecule has 0 heterocycles. The van der Waals surface area contributed by atoms with Gasteiger partial charge in [-0.1, -0.05) is 0 Å². The first kappa shape index (κ1) is 10.6. The standard InChI is InChI=1S/C8H19N3/c1-4-10-6-8-11(3)7-5-9-2/h4,9H,5-8H2,1-3H3. The fraction of sp³-hybridized carbons (Fsp3) is 0.875. The predicted octanol–water partition coefficient (Wildman–Crippen LogP) is 0.228. The molecule has 0 unspecified atom stereocenters. The molecule has 0 rings (SSSR count). The van der Waals surface area contributed by atoms with Crippen molar-refractivity contribution in [3.63, 3.8) is 0 Å². The van der Waals surface area contributed by atoms with E-state index in [2.05, 4.69) is 22.3 Å². The molecule has 0 amide bonds. The van der Waals surface area contributed by atoms with Crippen LogP contribution in [-0.2, 0) is 0 Å². The lowest BCUT2D eigenvalue weighted by Crippen LogP contribution is -2.29. The Morgan fingerprint density at radius 2 is 2.18 bits per heavy atom. The van der Waals surface area contributed by atoms with Crippen LogP contribution in [-0.4, -0.2) is 51.4 Å². The number of hydrogen-bond acceptors (Lipinski definition) is 3. The Morgan fingerprint density at radius 3 is 2.73 bits per heavy atom. The Hall–Kier alpha value is -0.410. The van der Waals surface area contributed by atoms with Crippen LogP contribution in [0.2, 0.25) is 0 Å². The average Bonchev–Trinajstić information content (AvgIpc) is 2.01. The van der Waals surface area contributed by atoms with Gasteiger partial charge in [-0.25, -0.2) is 0 Å². The van der Waals surface area contributed by atoms with Crippen molar-refractivity contribution in [1.82, 2.24) is 10.2 Å². The van der Waals surface area contributed by atoms with Crippen LogP contribution < -0.4 is 5.32 Å². The maximum absolute atomic E-state index is 4.13. The molecule has 0 radical (unpaired) electrons. The zero-order valence-electron chi connectivity index (χ0n) is 7.80. The molecule has 0 aliphatic rings. The van der Waals surface area contributed by atoms with Crippen LogP contribution in [0.5, 0.6) is 0 Å². The third kappa shape index (κ3) is 7.49. The van der Waals surface area contributed by atoms with Crippen molar-refractivity contribution in [2.75, 3.05) is 40.3 Å². The summed E-state index contributed by atoms with van der Waals surface area (Å²) in [5, 5.41) is 3.11. The van der Waals surface area contributed by atoms with Gasteiger partial charge < -0.3 is 10.2 Å². The summed E-state index contributed by atoms with van der Waals surface area (Å²) in [6, 6.07) is 0. The highest BCUT2D eigenvalue weighted by Crippen LogP contribution is 1.80. The monoisotopic (exact) mass is 157 g/mol. The van der Waals surface area contributed by atoms with Gasteiger partial charge in [0.2, 0.25) is 0 Å². The van der Waals surface area contributed by atoms with Gasteiger partial charge in [0.25, 0.3) is 0 Å². The second-order valence-corrected chi connectivity index (χ2v) is 2.57. The first-order valence-corrected chi connectivity index (χ1v) is 4.08. The minimum Gasteiger partial charge on any atom is -0.318 e. The molecule has 11 heavy (non-hydrogen) atoms. The van der Waals surface area contributed by atoms with Gasteiger partial charge in [0, 0.05) is 19.6 Å². The van der Waals surface area contributed by atoms with E-state index in [4.69, 9.17) is 0 Å². The molecule has 0 bridgehead atoms. The minimum absolute atomic E-state index is 0.913. The normalized spacial score (nSPS) is 11.6. The number of nitrogens with zero attached hydrogens (tertiary/aromatic N) is 2. The van der Waals surface area contributed by atoms with Crippen LogP contribution in [0.15, 0.2) is 4.99 Å². The number of hydrogen-bond donors (Lipinski definition) is 1. The van der Waals surface area contributed by atoms with Crippen molar-refractivity contribution in [2.24, 2.45) is 4.99 Å². The Morgan fingerprint density at radius 1 is 1.45 bits per heavy atom. The lowest BCUT2D eigenvalue weighted by molar-refractivity contribution is 0.345. The third-order valence-corrected chi connectivity index (χ3v) is 1.54. The number of aliphatic imine (C=N–C) groups is 1. The molecule has 0 aromatic heterocycles. The molecule has 3 nitrogen and oxygen atoms in total. The van der Waals surface area contributed by atoms with Crippen molar-refractivity contribution in [2.45, 2.75) is 6.92 Å². The van der Waals surface area contributed by atoms with Crippen LogP contribution in [0.4, 0.5) is 0 Å². The summed E-state index contributed by atoms with van der Waals surface area (Å²) in [7, 11) is 4.08. The zero-order chi connectivity index (χ0) is 8.53. The summed E-state index contributed by atoms with van der Waals surface area (Å²) < 4.78 is 0. The molecule has 0 aliphatic carbocycles. The number of likely N-dealkylation sites (N-methyl/N-ethyl adjacent to an activating group) is 2. The van der Waals surface area contributed by atoms with E-state index in [-0.39, 0.29) is 0 Å². The molecule has 0 atom stereocenters. The number of nitrogens with one attached hydrogen (secondary N) is 1. The van der Waals surface area contributed by atoms with Crippen molar-refractivity contribution < 1.29 is 0 Å². The van der Waals surface area contributed by atoms with Gasteiger partial charge in [-0.05, 0) is 27.2 Å². The Labute approximate surface area is 69.5 Å². The van der Waals surface area contributed by atoms with E-state index in [1.54, 1.807) is 0 Å². The third-order valence-electron chi connectivity index (χ3n) is 1.54. The van der Waals surface area contributed by atoms with Crippen LogP contribution in [0, 0.1) is 0 Å². The van der Waals surface area contributed by atoms with Crippen LogP contribution in [0.1, 0.15) is 6.92 Å². The van der Waals surface area contributed by atoms with Gasteiger partial charge in [-0.3, -0.25) is 4.99 Å². The summed E-state index contributed by atoms with van der Waals surface area (Å²) in [6.45, 7) is 6.05. The SMILES string of the molecule is CC=NCCN(C)CCNC. The Kier molecular flexibility index (Phi) is 7.41. The van der Waals surface area contributed by atoms with Crippen LogP contribution >= 0.6 is 0 Å². The molecule has 0 aliphatic heterocycles. The van der Waals surface area contributed by atoms with Gasteiger partial charge in [0.05, 0.1) is 6.54 Å². The molecule has 1 N–H and O–H groups in total. The van der Waals surface area contributed by atoms with E-state index in [0.717, 1.165) is 26.2 Å². The van der Waals surface area contributed by atoms with E-state index >= 15 is 0 Å². The molecule has 0 saturated carbocycles. The lowest BCUT2D eigenvalue weighted by atomic mass is 10.5. The summed E-state index contributed by atoms with van der Waals surface area (Å²) in [4.78, 5) is 6.40. The summed E-state index contributed by atoms with van der Waals surface area (Å²) in [5.41, 5.74) is 0. The van der Waals surface area contributed by atoms with E-state index in [0.29, 0.717) is 0 Å². The highest BCUT2D eigenvalue weighted by Gasteiger charge is 1.93. The molecular weight excluding hydrogens is 138 g/mol. The maximum Gasteiger partial charge on any atom is 0.0512 e. The first-order valence-electron chi connectivity index (χ1n) is 4.08. The molecule has 0 spiro atoms.